The summed E-state index contributed by atoms with van der Waals surface area (Å²) in [7, 11) is 1.67. The zero-order chi connectivity index (χ0) is 17.3. The molecule has 0 aliphatic carbocycles. The molecule has 1 atom stereocenters. The molecular weight excluding hydrogens is 318 g/mol. The van der Waals surface area contributed by atoms with Crippen LogP contribution >= 0.6 is 0 Å². The zero-order valence-electron chi connectivity index (χ0n) is 15.0. The molecule has 1 aromatic carbocycles. The maximum Gasteiger partial charge on any atom is 0.241 e. The second-order valence-electron chi connectivity index (χ2n) is 7.31. The normalized spacial score (nSPS) is 24.1. The number of aromatic nitrogens is 2. The summed E-state index contributed by atoms with van der Waals surface area (Å²) in [5.74, 6) is 2.12. The molecule has 0 amide bonds. The molecule has 25 heavy (non-hydrogen) atoms. The molecule has 6 heteroatoms. The van der Waals surface area contributed by atoms with Gasteiger partial charge in [0.25, 0.3) is 0 Å². The molecule has 0 radical (unpaired) electrons. The molecule has 0 saturated carbocycles. The van der Waals surface area contributed by atoms with Crippen LogP contribution in [-0.4, -0.2) is 48.5 Å². The molecule has 2 aliphatic rings. The Kier molecular flexibility index (Phi) is 4.48. The van der Waals surface area contributed by atoms with Gasteiger partial charge in [-0.2, -0.15) is 4.98 Å². The average Bonchev–Trinajstić information content (AvgIpc) is 3.24. The van der Waals surface area contributed by atoms with Gasteiger partial charge in [-0.25, -0.2) is 0 Å². The predicted octanol–water partition coefficient (Wildman–Crippen LogP) is 3.06. The average molecular weight is 343 g/mol. The second kappa shape index (κ2) is 6.77. The van der Waals surface area contributed by atoms with E-state index in [1.165, 1.54) is 19.3 Å². The lowest BCUT2D eigenvalue weighted by Crippen LogP contribution is -2.34. The van der Waals surface area contributed by atoms with Crippen molar-refractivity contribution in [3.05, 3.63) is 29.7 Å². The summed E-state index contributed by atoms with van der Waals surface area (Å²) in [5.41, 5.74) is 2.34. The summed E-state index contributed by atoms with van der Waals surface area (Å²) in [4.78, 5) is 6.98. The maximum absolute atomic E-state index is 5.71. The highest BCUT2D eigenvalue weighted by atomic mass is 16.5. The first-order valence-corrected chi connectivity index (χ1v) is 8.95. The van der Waals surface area contributed by atoms with Crippen molar-refractivity contribution in [2.75, 3.05) is 33.4 Å². The highest BCUT2D eigenvalue weighted by molar-refractivity contribution is 5.58. The number of benzene rings is 1. The van der Waals surface area contributed by atoms with Gasteiger partial charge in [0.2, 0.25) is 11.7 Å². The number of aryl methyl sites for hydroxylation is 1. The van der Waals surface area contributed by atoms with Crippen molar-refractivity contribution in [3.8, 4) is 17.1 Å². The van der Waals surface area contributed by atoms with Gasteiger partial charge in [0, 0.05) is 24.1 Å². The van der Waals surface area contributed by atoms with Crippen LogP contribution in [0.1, 0.15) is 30.7 Å². The Bertz CT molecular complexity index is 737. The maximum atomic E-state index is 5.71. The van der Waals surface area contributed by atoms with E-state index in [2.05, 4.69) is 15.0 Å². The highest BCUT2D eigenvalue weighted by Crippen LogP contribution is 2.38. The molecule has 2 fully saturated rings. The van der Waals surface area contributed by atoms with Gasteiger partial charge in [0.1, 0.15) is 5.75 Å². The molecule has 1 spiro atoms. The molecule has 2 aromatic rings. The van der Waals surface area contributed by atoms with E-state index in [1.807, 2.05) is 25.1 Å². The van der Waals surface area contributed by atoms with Crippen LogP contribution in [-0.2, 0) is 11.3 Å². The minimum Gasteiger partial charge on any atom is -0.496 e. The van der Waals surface area contributed by atoms with E-state index in [9.17, 15) is 0 Å². The minimum absolute atomic E-state index is 0.339. The molecular formula is C19H25N3O3. The highest BCUT2D eigenvalue weighted by Gasteiger charge is 2.39. The van der Waals surface area contributed by atoms with Crippen LogP contribution in [0.5, 0.6) is 5.75 Å². The Morgan fingerprint density at radius 1 is 1.32 bits per heavy atom. The van der Waals surface area contributed by atoms with Gasteiger partial charge in [-0.15, -0.1) is 0 Å². The number of likely N-dealkylation sites (tertiary alicyclic amines) is 1. The fourth-order valence-electron chi connectivity index (χ4n) is 3.98. The number of hydrogen-bond acceptors (Lipinski definition) is 6. The summed E-state index contributed by atoms with van der Waals surface area (Å²) in [6.45, 7) is 6.65. The van der Waals surface area contributed by atoms with Crippen molar-refractivity contribution >= 4 is 0 Å². The molecule has 0 N–H and O–H groups in total. The Labute approximate surface area is 148 Å². The lowest BCUT2D eigenvalue weighted by Gasteiger charge is -2.33. The van der Waals surface area contributed by atoms with Crippen LogP contribution in [0.4, 0.5) is 0 Å². The van der Waals surface area contributed by atoms with Crippen LogP contribution in [0.3, 0.4) is 0 Å². The monoisotopic (exact) mass is 343 g/mol. The quantitative estimate of drug-likeness (QED) is 0.850. The Balaban J connectivity index is 1.43. The third-order valence-electron chi connectivity index (χ3n) is 5.41. The van der Waals surface area contributed by atoms with Crippen LogP contribution in [0.2, 0.25) is 0 Å². The van der Waals surface area contributed by atoms with Crippen molar-refractivity contribution in [1.82, 2.24) is 15.0 Å². The molecule has 134 valence electrons. The first kappa shape index (κ1) is 16.5. The first-order chi connectivity index (χ1) is 12.2. The minimum atomic E-state index is 0.339. The van der Waals surface area contributed by atoms with Crippen LogP contribution in [0, 0.1) is 12.3 Å². The summed E-state index contributed by atoms with van der Waals surface area (Å²) in [6.07, 6.45) is 3.64. The molecule has 4 rings (SSSR count). The van der Waals surface area contributed by atoms with Gasteiger partial charge in [0.15, 0.2) is 0 Å². The van der Waals surface area contributed by atoms with Gasteiger partial charge in [-0.05, 0) is 44.4 Å². The topological polar surface area (TPSA) is 60.6 Å². The molecule has 2 aliphatic heterocycles. The molecule has 0 bridgehead atoms. The third-order valence-corrected chi connectivity index (χ3v) is 5.41. The molecule has 2 saturated heterocycles. The second-order valence-corrected chi connectivity index (χ2v) is 7.31. The summed E-state index contributed by atoms with van der Waals surface area (Å²) < 4.78 is 16.6. The van der Waals surface area contributed by atoms with Crippen LogP contribution in [0.25, 0.3) is 11.4 Å². The van der Waals surface area contributed by atoms with E-state index in [0.717, 1.165) is 43.2 Å². The molecule has 1 unspecified atom stereocenters. The fraction of sp³-hybridized carbons (Fsp3) is 0.579. The van der Waals surface area contributed by atoms with Crippen molar-refractivity contribution in [1.29, 1.82) is 0 Å². The zero-order valence-corrected chi connectivity index (χ0v) is 15.0. The number of ether oxygens (including phenoxy) is 2. The number of nitrogens with zero attached hydrogens (tertiary/aromatic N) is 3. The van der Waals surface area contributed by atoms with E-state index >= 15 is 0 Å². The summed E-state index contributed by atoms with van der Waals surface area (Å²) in [5, 5.41) is 4.14. The van der Waals surface area contributed by atoms with Crippen molar-refractivity contribution in [2.45, 2.75) is 32.7 Å². The van der Waals surface area contributed by atoms with Gasteiger partial charge in [-0.1, -0.05) is 17.3 Å². The van der Waals surface area contributed by atoms with E-state index in [0.29, 0.717) is 23.7 Å². The SMILES string of the molecule is COc1cc(-c2noc(CN3CCC4(CCCOC4)C3)n2)ccc1C. The first-order valence-electron chi connectivity index (χ1n) is 8.95. The summed E-state index contributed by atoms with van der Waals surface area (Å²) >= 11 is 0. The van der Waals surface area contributed by atoms with Crippen molar-refractivity contribution < 1.29 is 14.0 Å². The van der Waals surface area contributed by atoms with E-state index in [1.54, 1.807) is 7.11 Å². The van der Waals surface area contributed by atoms with Gasteiger partial charge in [0.05, 0.1) is 20.3 Å². The molecule has 3 heterocycles. The van der Waals surface area contributed by atoms with E-state index in [-0.39, 0.29) is 0 Å². The largest absolute Gasteiger partial charge is 0.496 e. The predicted molar refractivity (Wildman–Crippen MR) is 93.4 cm³/mol. The number of hydrogen-bond donors (Lipinski definition) is 0. The molecule has 6 nitrogen and oxygen atoms in total. The standard InChI is InChI=1S/C19H25N3O3/c1-14-4-5-15(10-16(14)23-2)18-20-17(25-21-18)11-22-8-7-19(12-22)6-3-9-24-13-19/h4-5,10H,3,6-9,11-13H2,1-2H3. The van der Waals surface area contributed by atoms with Gasteiger partial charge >= 0.3 is 0 Å². The van der Waals surface area contributed by atoms with E-state index in [4.69, 9.17) is 14.0 Å². The van der Waals surface area contributed by atoms with E-state index < -0.39 is 0 Å². The number of methoxy groups -OCH3 is 1. The smallest absolute Gasteiger partial charge is 0.241 e. The molecule has 1 aromatic heterocycles. The third kappa shape index (κ3) is 3.41. The van der Waals surface area contributed by atoms with Crippen molar-refractivity contribution in [2.24, 2.45) is 5.41 Å². The van der Waals surface area contributed by atoms with Gasteiger partial charge in [-0.3, -0.25) is 4.90 Å². The Morgan fingerprint density at radius 2 is 2.24 bits per heavy atom. The van der Waals surface area contributed by atoms with Crippen molar-refractivity contribution in [3.63, 3.8) is 0 Å². The summed E-state index contributed by atoms with van der Waals surface area (Å²) in [6, 6.07) is 5.96. The van der Waals surface area contributed by atoms with Crippen LogP contribution < -0.4 is 4.74 Å². The lowest BCUT2D eigenvalue weighted by atomic mass is 9.82. The Hall–Kier alpha value is -1.92. The fourth-order valence-corrected chi connectivity index (χ4v) is 3.98. The van der Waals surface area contributed by atoms with Gasteiger partial charge < -0.3 is 14.0 Å². The Morgan fingerprint density at radius 3 is 3.04 bits per heavy atom. The van der Waals surface area contributed by atoms with Crippen LogP contribution in [0.15, 0.2) is 22.7 Å². The number of rotatable bonds is 4. The lowest BCUT2D eigenvalue weighted by molar-refractivity contribution is -0.00288.